The molecule has 0 spiro atoms. The molecule has 1 N–H and O–H groups in total. The Bertz CT molecular complexity index is 761. The zero-order valence-corrected chi connectivity index (χ0v) is 14.2. The van der Waals surface area contributed by atoms with Gasteiger partial charge >= 0.3 is 0 Å². The maximum absolute atomic E-state index is 12.7. The Morgan fingerprint density at radius 2 is 1.88 bits per heavy atom. The number of hydrogen-bond acceptors (Lipinski definition) is 2. The molecule has 2 amide bonds. The highest BCUT2D eigenvalue weighted by Gasteiger charge is 2.34. The Morgan fingerprint density at radius 1 is 1.12 bits per heavy atom. The first-order valence-corrected chi connectivity index (χ1v) is 8.37. The molecule has 1 aliphatic rings. The summed E-state index contributed by atoms with van der Waals surface area (Å²) in [6.07, 6.45) is 1.50. The molecule has 0 aliphatic carbocycles. The van der Waals surface area contributed by atoms with Gasteiger partial charge in [-0.3, -0.25) is 9.59 Å². The van der Waals surface area contributed by atoms with E-state index in [1.165, 1.54) is 0 Å². The van der Waals surface area contributed by atoms with Gasteiger partial charge in [-0.25, -0.2) is 0 Å². The van der Waals surface area contributed by atoms with Crippen LogP contribution in [0.4, 0.5) is 5.69 Å². The first-order valence-electron chi connectivity index (χ1n) is 8.00. The van der Waals surface area contributed by atoms with E-state index in [0.717, 1.165) is 12.0 Å². The summed E-state index contributed by atoms with van der Waals surface area (Å²) in [5, 5.41) is 3.52. The van der Waals surface area contributed by atoms with Gasteiger partial charge in [-0.2, -0.15) is 0 Å². The van der Waals surface area contributed by atoms with Gasteiger partial charge in [0.25, 0.3) is 5.91 Å². The highest BCUT2D eigenvalue weighted by Crippen LogP contribution is 2.25. The summed E-state index contributed by atoms with van der Waals surface area (Å²) >= 11 is 6.10. The summed E-state index contributed by atoms with van der Waals surface area (Å²) in [7, 11) is 0. The zero-order chi connectivity index (χ0) is 17.1. The highest BCUT2D eigenvalue weighted by molar-refractivity contribution is 6.31. The molecule has 1 aliphatic heterocycles. The van der Waals surface area contributed by atoms with E-state index in [4.69, 9.17) is 11.6 Å². The van der Waals surface area contributed by atoms with Crippen molar-refractivity contribution in [1.29, 1.82) is 0 Å². The predicted octanol–water partition coefficient (Wildman–Crippen LogP) is 3.89. The van der Waals surface area contributed by atoms with Gasteiger partial charge in [0, 0.05) is 22.8 Å². The van der Waals surface area contributed by atoms with Crippen molar-refractivity contribution in [3.63, 3.8) is 0 Å². The number of carbonyl (C=O) groups is 2. The number of hydrogen-bond donors (Lipinski definition) is 1. The molecule has 0 bridgehead atoms. The van der Waals surface area contributed by atoms with Gasteiger partial charge in [0.05, 0.1) is 0 Å². The molecule has 0 radical (unpaired) electrons. The SMILES string of the molecule is Cc1c(Cl)cccc1NC(=O)[C@H]1CCCN1C(=O)c1ccccc1. The van der Waals surface area contributed by atoms with Crippen LogP contribution >= 0.6 is 11.6 Å². The Hall–Kier alpha value is -2.33. The van der Waals surface area contributed by atoms with E-state index < -0.39 is 6.04 Å². The second-order valence-corrected chi connectivity index (χ2v) is 6.33. The van der Waals surface area contributed by atoms with Crippen molar-refractivity contribution in [2.24, 2.45) is 0 Å². The molecule has 0 aromatic heterocycles. The Morgan fingerprint density at radius 3 is 2.62 bits per heavy atom. The summed E-state index contributed by atoms with van der Waals surface area (Å²) in [5.74, 6) is -0.266. The van der Waals surface area contributed by atoms with Crippen LogP contribution in [0.15, 0.2) is 48.5 Å². The number of halogens is 1. The number of benzene rings is 2. The molecule has 124 valence electrons. The van der Waals surface area contributed by atoms with Crippen LogP contribution in [0.3, 0.4) is 0 Å². The van der Waals surface area contributed by atoms with E-state index in [2.05, 4.69) is 5.32 Å². The van der Waals surface area contributed by atoms with Gasteiger partial charge < -0.3 is 10.2 Å². The molecule has 1 saturated heterocycles. The van der Waals surface area contributed by atoms with Crippen molar-refractivity contribution in [3.05, 3.63) is 64.7 Å². The van der Waals surface area contributed by atoms with E-state index in [0.29, 0.717) is 29.2 Å². The van der Waals surface area contributed by atoms with Gasteiger partial charge in [0.2, 0.25) is 5.91 Å². The Balaban J connectivity index is 1.76. The molecule has 24 heavy (non-hydrogen) atoms. The lowest BCUT2D eigenvalue weighted by Gasteiger charge is -2.24. The van der Waals surface area contributed by atoms with E-state index >= 15 is 0 Å². The van der Waals surface area contributed by atoms with Crippen molar-refractivity contribution in [2.75, 3.05) is 11.9 Å². The van der Waals surface area contributed by atoms with Crippen molar-refractivity contribution in [3.8, 4) is 0 Å². The highest BCUT2D eigenvalue weighted by atomic mass is 35.5. The quantitative estimate of drug-likeness (QED) is 0.919. The van der Waals surface area contributed by atoms with Crippen molar-refractivity contribution in [1.82, 2.24) is 4.90 Å². The van der Waals surface area contributed by atoms with Crippen molar-refractivity contribution in [2.45, 2.75) is 25.8 Å². The summed E-state index contributed by atoms with van der Waals surface area (Å²) in [5.41, 5.74) is 2.12. The number of rotatable bonds is 3. The van der Waals surface area contributed by atoms with Crippen LogP contribution in [0, 0.1) is 6.92 Å². The lowest BCUT2D eigenvalue weighted by Crippen LogP contribution is -2.43. The van der Waals surface area contributed by atoms with E-state index in [9.17, 15) is 9.59 Å². The number of anilines is 1. The van der Waals surface area contributed by atoms with Gasteiger partial charge in [0.15, 0.2) is 0 Å². The van der Waals surface area contributed by atoms with Crippen LogP contribution < -0.4 is 5.32 Å². The zero-order valence-electron chi connectivity index (χ0n) is 13.5. The van der Waals surface area contributed by atoms with Gasteiger partial charge in [-0.15, -0.1) is 0 Å². The molecule has 2 aromatic carbocycles. The number of carbonyl (C=O) groups excluding carboxylic acids is 2. The van der Waals surface area contributed by atoms with Crippen LogP contribution in [-0.2, 0) is 4.79 Å². The molecular weight excluding hydrogens is 324 g/mol. The lowest BCUT2D eigenvalue weighted by molar-refractivity contribution is -0.119. The molecule has 5 heteroatoms. The molecule has 4 nitrogen and oxygen atoms in total. The fourth-order valence-electron chi connectivity index (χ4n) is 2.99. The molecule has 3 rings (SSSR count). The van der Waals surface area contributed by atoms with Crippen LogP contribution in [0.25, 0.3) is 0 Å². The fraction of sp³-hybridized carbons (Fsp3) is 0.263. The van der Waals surface area contributed by atoms with Crippen LogP contribution in [0.2, 0.25) is 5.02 Å². The van der Waals surface area contributed by atoms with Gasteiger partial charge in [-0.1, -0.05) is 35.9 Å². The minimum Gasteiger partial charge on any atom is -0.327 e. The standard InChI is InChI=1S/C19H19ClN2O2/c1-13-15(20)9-5-10-16(13)21-18(23)17-11-6-12-22(17)19(24)14-7-3-2-4-8-14/h2-5,7-10,17H,6,11-12H2,1H3,(H,21,23)/t17-/m1/s1. The van der Waals surface area contributed by atoms with Crippen LogP contribution in [-0.4, -0.2) is 29.3 Å². The van der Waals surface area contributed by atoms with E-state index in [-0.39, 0.29) is 11.8 Å². The molecule has 2 aromatic rings. The number of likely N-dealkylation sites (tertiary alicyclic amines) is 1. The minimum atomic E-state index is -0.448. The first kappa shape index (κ1) is 16.5. The second kappa shape index (κ2) is 7.05. The normalized spacial score (nSPS) is 16.9. The first-order chi connectivity index (χ1) is 11.6. The number of nitrogens with one attached hydrogen (secondary N) is 1. The number of nitrogens with zero attached hydrogens (tertiary/aromatic N) is 1. The van der Waals surface area contributed by atoms with Gasteiger partial charge in [-0.05, 0) is 49.6 Å². The van der Waals surface area contributed by atoms with Crippen molar-refractivity contribution >= 4 is 29.1 Å². The minimum absolute atomic E-state index is 0.101. The predicted molar refractivity (Wildman–Crippen MR) is 95.3 cm³/mol. The Labute approximate surface area is 146 Å². The third-order valence-corrected chi connectivity index (χ3v) is 4.77. The van der Waals surface area contributed by atoms with Crippen LogP contribution in [0.1, 0.15) is 28.8 Å². The van der Waals surface area contributed by atoms with E-state index in [1.54, 1.807) is 29.2 Å². The topological polar surface area (TPSA) is 49.4 Å². The summed E-state index contributed by atoms with van der Waals surface area (Å²) < 4.78 is 0. The van der Waals surface area contributed by atoms with Crippen LogP contribution in [0.5, 0.6) is 0 Å². The Kier molecular flexibility index (Phi) is 4.86. The average Bonchev–Trinajstić information content (AvgIpc) is 3.09. The molecular formula is C19H19ClN2O2. The maximum atomic E-state index is 12.7. The summed E-state index contributed by atoms with van der Waals surface area (Å²) in [4.78, 5) is 27.0. The summed E-state index contributed by atoms with van der Waals surface area (Å²) in [6, 6.07) is 14.0. The van der Waals surface area contributed by atoms with Crippen molar-refractivity contribution < 1.29 is 9.59 Å². The smallest absolute Gasteiger partial charge is 0.254 e. The third kappa shape index (κ3) is 3.29. The maximum Gasteiger partial charge on any atom is 0.254 e. The average molecular weight is 343 g/mol. The molecule has 0 saturated carbocycles. The third-order valence-electron chi connectivity index (χ3n) is 4.36. The monoisotopic (exact) mass is 342 g/mol. The van der Waals surface area contributed by atoms with Gasteiger partial charge in [0.1, 0.15) is 6.04 Å². The largest absolute Gasteiger partial charge is 0.327 e. The fourth-order valence-corrected chi connectivity index (χ4v) is 3.16. The molecule has 1 atom stereocenters. The van der Waals surface area contributed by atoms with E-state index in [1.807, 2.05) is 31.2 Å². The molecule has 0 unspecified atom stereocenters. The summed E-state index contributed by atoms with van der Waals surface area (Å²) in [6.45, 7) is 2.46. The lowest BCUT2D eigenvalue weighted by atomic mass is 10.1. The second-order valence-electron chi connectivity index (χ2n) is 5.92. The molecule has 1 fully saturated rings. The number of amides is 2. The molecule has 1 heterocycles.